The number of nitrogens with zero attached hydrogens (tertiary/aromatic N) is 3. The number of rotatable bonds is 8. The minimum absolute atomic E-state index is 0.503. The number of likely N-dealkylation sites (N-methyl/N-ethyl adjacent to an activating group) is 1. The van der Waals surface area contributed by atoms with Crippen LogP contribution in [0.25, 0.3) is 0 Å². The van der Waals surface area contributed by atoms with E-state index in [1.165, 1.54) is 0 Å². The first kappa shape index (κ1) is 16.8. The highest BCUT2D eigenvalue weighted by atomic mass is 16.5. The van der Waals surface area contributed by atoms with Crippen molar-refractivity contribution in [3.8, 4) is 11.5 Å². The molecule has 1 heterocycles. The number of anilines is 3. The van der Waals surface area contributed by atoms with E-state index in [1.54, 1.807) is 20.4 Å². The number of hydrogen-bond acceptors (Lipinski definition) is 7. The highest BCUT2D eigenvalue weighted by molar-refractivity contribution is 5.64. The summed E-state index contributed by atoms with van der Waals surface area (Å²) in [4.78, 5) is 10.8. The first-order valence-corrected chi connectivity index (χ1v) is 7.33. The molecule has 1 aromatic carbocycles. The van der Waals surface area contributed by atoms with Crippen molar-refractivity contribution in [3.63, 3.8) is 0 Å². The van der Waals surface area contributed by atoms with Crippen LogP contribution in [-0.2, 0) is 0 Å². The van der Waals surface area contributed by atoms with Crippen molar-refractivity contribution in [2.45, 2.75) is 0 Å². The van der Waals surface area contributed by atoms with Crippen LogP contribution in [-0.4, -0.2) is 56.3 Å². The number of aromatic nitrogens is 2. The maximum Gasteiger partial charge on any atom is 0.229 e. The topological polar surface area (TPSA) is 71.5 Å². The van der Waals surface area contributed by atoms with Gasteiger partial charge in [-0.3, -0.25) is 0 Å². The SMILES string of the molecule is COc1ccc(Nc2nccc(NCCN(C)C)n2)c(OC)c1. The van der Waals surface area contributed by atoms with Crippen LogP contribution in [0.2, 0.25) is 0 Å². The van der Waals surface area contributed by atoms with Gasteiger partial charge >= 0.3 is 0 Å². The molecule has 2 N–H and O–H groups in total. The normalized spacial score (nSPS) is 10.5. The van der Waals surface area contributed by atoms with E-state index in [0.717, 1.165) is 30.3 Å². The molecule has 0 spiro atoms. The molecule has 0 bridgehead atoms. The summed E-state index contributed by atoms with van der Waals surface area (Å²) in [5, 5.41) is 6.43. The Morgan fingerprint density at radius 2 is 1.96 bits per heavy atom. The molecular formula is C16H23N5O2. The zero-order valence-corrected chi connectivity index (χ0v) is 14.0. The van der Waals surface area contributed by atoms with E-state index in [0.29, 0.717) is 11.7 Å². The number of benzene rings is 1. The van der Waals surface area contributed by atoms with E-state index >= 15 is 0 Å². The van der Waals surface area contributed by atoms with E-state index in [2.05, 4.69) is 25.5 Å². The third kappa shape index (κ3) is 5.00. The largest absolute Gasteiger partial charge is 0.497 e. The van der Waals surface area contributed by atoms with E-state index < -0.39 is 0 Å². The quantitative estimate of drug-likeness (QED) is 0.773. The van der Waals surface area contributed by atoms with Crippen molar-refractivity contribution in [1.82, 2.24) is 14.9 Å². The van der Waals surface area contributed by atoms with Crippen LogP contribution in [0.4, 0.5) is 17.5 Å². The Kier molecular flexibility index (Phi) is 5.99. The van der Waals surface area contributed by atoms with Crippen LogP contribution < -0.4 is 20.1 Å². The molecule has 23 heavy (non-hydrogen) atoms. The zero-order chi connectivity index (χ0) is 16.7. The Bertz CT molecular complexity index is 634. The fraction of sp³-hybridized carbons (Fsp3) is 0.375. The standard InChI is InChI=1S/C16H23N5O2/c1-21(2)10-9-17-15-7-8-18-16(20-15)19-13-6-5-12(22-3)11-14(13)23-4/h5-8,11H,9-10H2,1-4H3,(H2,17,18,19,20). The van der Waals surface area contributed by atoms with Gasteiger partial charge in [0.25, 0.3) is 0 Å². The molecule has 2 rings (SSSR count). The lowest BCUT2D eigenvalue weighted by Gasteiger charge is -2.13. The lowest BCUT2D eigenvalue weighted by molar-refractivity contribution is 0.395. The first-order chi connectivity index (χ1) is 11.1. The molecule has 124 valence electrons. The van der Waals surface area contributed by atoms with Crippen molar-refractivity contribution < 1.29 is 9.47 Å². The minimum atomic E-state index is 0.503. The molecule has 2 aromatic rings. The predicted octanol–water partition coefficient (Wildman–Crippen LogP) is 2.21. The second-order valence-corrected chi connectivity index (χ2v) is 5.19. The Labute approximate surface area is 136 Å². The molecular weight excluding hydrogens is 294 g/mol. The van der Waals surface area contributed by atoms with Crippen molar-refractivity contribution >= 4 is 17.5 Å². The van der Waals surface area contributed by atoms with Crippen molar-refractivity contribution in [3.05, 3.63) is 30.5 Å². The maximum atomic E-state index is 5.36. The van der Waals surface area contributed by atoms with Crippen LogP contribution in [0.1, 0.15) is 0 Å². The average molecular weight is 317 g/mol. The molecule has 0 aliphatic carbocycles. The second-order valence-electron chi connectivity index (χ2n) is 5.19. The van der Waals surface area contributed by atoms with Gasteiger partial charge in [0.15, 0.2) is 0 Å². The smallest absolute Gasteiger partial charge is 0.229 e. The van der Waals surface area contributed by atoms with Crippen molar-refractivity contribution in [2.24, 2.45) is 0 Å². The first-order valence-electron chi connectivity index (χ1n) is 7.33. The Morgan fingerprint density at radius 3 is 2.65 bits per heavy atom. The zero-order valence-electron chi connectivity index (χ0n) is 14.0. The lowest BCUT2D eigenvalue weighted by Crippen LogP contribution is -2.21. The molecule has 0 aliphatic heterocycles. The second kappa shape index (κ2) is 8.19. The molecule has 1 aromatic heterocycles. The van der Waals surface area contributed by atoms with Gasteiger partial charge in [0, 0.05) is 25.4 Å². The average Bonchev–Trinajstić information content (AvgIpc) is 2.55. The lowest BCUT2D eigenvalue weighted by atomic mass is 10.2. The molecule has 0 radical (unpaired) electrons. The Balaban J connectivity index is 2.08. The van der Waals surface area contributed by atoms with Crippen LogP contribution >= 0.6 is 0 Å². The summed E-state index contributed by atoms with van der Waals surface area (Å²) in [6, 6.07) is 7.37. The van der Waals surface area contributed by atoms with Gasteiger partial charge in [-0.05, 0) is 32.3 Å². The Morgan fingerprint density at radius 1 is 1.13 bits per heavy atom. The highest BCUT2D eigenvalue weighted by Gasteiger charge is 2.07. The monoisotopic (exact) mass is 317 g/mol. The van der Waals surface area contributed by atoms with Gasteiger partial charge < -0.3 is 25.0 Å². The summed E-state index contributed by atoms with van der Waals surface area (Å²) in [5.74, 6) is 2.67. The molecule has 0 atom stereocenters. The van der Waals surface area contributed by atoms with Crippen LogP contribution in [0.15, 0.2) is 30.5 Å². The summed E-state index contributed by atoms with van der Waals surface area (Å²) in [5.41, 5.74) is 0.777. The molecule has 7 nitrogen and oxygen atoms in total. The van der Waals surface area contributed by atoms with Gasteiger partial charge in [-0.2, -0.15) is 4.98 Å². The third-order valence-electron chi connectivity index (χ3n) is 3.18. The summed E-state index contributed by atoms with van der Waals surface area (Å²) < 4.78 is 10.6. The van der Waals surface area contributed by atoms with Gasteiger partial charge in [-0.15, -0.1) is 0 Å². The fourth-order valence-corrected chi connectivity index (χ4v) is 1.95. The van der Waals surface area contributed by atoms with E-state index in [1.807, 2.05) is 38.4 Å². The summed E-state index contributed by atoms with van der Waals surface area (Å²) in [7, 11) is 7.29. The third-order valence-corrected chi connectivity index (χ3v) is 3.18. The van der Waals surface area contributed by atoms with Gasteiger partial charge in [-0.25, -0.2) is 4.98 Å². The van der Waals surface area contributed by atoms with E-state index in [4.69, 9.17) is 9.47 Å². The highest BCUT2D eigenvalue weighted by Crippen LogP contribution is 2.30. The minimum Gasteiger partial charge on any atom is -0.497 e. The summed E-state index contributed by atoms with van der Waals surface area (Å²) >= 11 is 0. The summed E-state index contributed by atoms with van der Waals surface area (Å²) in [6.45, 7) is 1.74. The van der Waals surface area contributed by atoms with Gasteiger partial charge in [0.2, 0.25) is 5.95 Å². The molecule has 0 amide bonds. The van der Waals surface area contributed by atoms with Crippen molar-refractivity contribution in [2.75, 3.05) is 52.0 Å². The van der Waals surface area contributed by atoms with Crippen molar-refractivity contribution in [1.29, 1.82) is 0 Å². The number of methoxy groups -OCH3 is 2. The van der Waals surface area contributed by atoms with Crippen LogP contribution in [0.5, 0.6) is 11.5 Å². The number of hydrogen-bond donors (Lipinski definition) is 2. The maximum absolute atomic E-state index is 5.36. The molecule has 0 fully saturated rings. The molecule has 0 saturated heterocycles. The number of nitrogens with one attached hydrogen (secondary N) is 2. The predicted molar refractivity (Wildman–Crippen MR) is 91.9 cm³/mol. The number of ether oxygens (including phenoxy) is 2. The fourth-order valence-electron chi connectivity index (χ4n) is 1.95. The molecule has 0 aliphatic rings. The van der Waals surface area contributed by atoms with Crippen LogP contribution in [0, 0.1) is 0 Å². The van der Waals surface area contributed by atoms with E-state index in [9.17, 15) is 0 Å². The van der Waals surface area contributed by atoms with Gasteiger partial charge in [0.05, 0.1) is 19.9 Å². The summed E-state index contributed by atoms with van der Waals surface area (Å²) in [6.07, 6.45) is 1.71. The molecule has 0 saturated carbocycles. The van der Waals surface area contributed by atoms with Crippen LogP contribution in [0.3, 0.4) is 0 Å². The van der Waals surface area contributed by atoms with Gasteiger partial charge in [-0.1, -0.05) is 0 Å². The molecule has 7 heteroatoms. The molecule has 0 unspecified atom stereocenters. The van der Waals surface area contributed by atoms with E-state index in [-0.39, 0.29) is 0 Å². The van der Waals surface area contributed by atoms with Gasteiger partial charge in [0.1, 0.15) is 17.3 Å². The Hall–Kier alpha value is -2.54.